The molecule has 17 heteroatoms. The van der Waals surface area contributed by atoms with Crippen molar-refractivity contribution in [3.05, 3.63) is 148 Å². The monoisotopic (exact) mass is 808 g/mol. The van der Waals surface area contributed by atoms with Gasteiger partial charge in [-0.2, -0.15) is 0 Å². The topological polar surface area (TPSA) is 96.4 Å². The maximum atomic E-state index is 14.4. The predicted molar refractivity (Wildman–Crippen MR) is 201 cm³/mol. The van der Waals surface area contributed by atoms with Crippen molar-refractivity contribution in [3.63, 3.8) is 0 Å². The second-order valence-electron chi connectivity index (χ2n) is 14.4. The van der Waals surface area contributed by atoms with Gasteiger partial charge in [-0.25, -0.2) is 18.1 Å². The summed E-state index contributed by atoms with van der Waals surface area (Å²) in [5.74, 6) is 0.141. The molecule has 0 aliphatic carbocycles. The van der Waals surface area contributed by atoms with Gasteiger partial charge in [-0.3, -0.25) is 0 Å². The highest BCUT2D eigenvalue weighted by molar-refractivity contribution is 6.30. The maximum absolute atomic E-state index is 14.4. The SMILES string of the molecule is CC[N+]1(C(c2ccc(F)cc2)c2nnnn2Cc2ccc(Cl)cc2)CCC[N+](CC)(C(c2ccc(F)cc2)c2nnnn2Cc2ccc(OC(F)(F)F)cc2)CC1. The van der Waals surface area contributed by atoms with Crippen LogP contribution < -0.4 is 4.74 Å². The Bertz CT molecular complexity index is 2230. The van der Waals surface area contributed by atoms with Crippen LogP contribution in [-0.4, -0.2) is 95.0 Å². The third-order valence-corrected chi connectivity index (χ3v) is 11.5. The van der Waals surface area contributed by atoms with E-state index in [0.717, 1.165) is 36.2 Å². The number of hydrogen-bond donors (Lipinski definition) is 0. The molecule has 0 bridgehead atoms. The van der Waals surface area contributed by atoms with Crippen molar-refractivity contribution < 1.29 is 35.7 Å². The number of aromatic nitrogens is 8. The van der Waals surface area contributed by atoms with Crippen LogP contribution in [-0.2, 0) is 13.1 Å². The van der Waals surface area contributed by atoms with E-state index < -0.39 is 12.4 Å². The molecule has 0 N–H and O–H groups in total. The fraction of sp³-hybridized carbons (Fsp3) is 0.350. The van der Waals surface area contributed by atoms with Crippen molar-refractivity contribution in [1.29, 1.82) is 0 Å². The van der Waals surface area contributed by atoms with Gasteiger partial charge in [-0.05, 0) is 119 Å². The molecule has 11 nitrogen and oxygen atoms in total. The summed E-state index contributed by atoms with van der Waals surface area (Å²) in [7, 11) is 0. The molecule has 7 rings (SSSR count). The highest BCUT2D eigenvalue weighted by Crippen LogP contribution is 2.41. The number of ether oxygens (including phenoxy) is 1. The lowest BCUT2D eigenvalue weighted by Gasteiger charge is -2.45. The molecule has 0 spiro atoms. The number of nitrogens with zero attached hydrogens (tertiary/aromatic N) is 10. The lowest BCUT2D eigenvalue weighted by Crippen LogP contribution is -2.57. The first kappa shape index (κ1) is 39.9. The summed E-state index contributed by atoms with van der Waals surface area (Å²) in [5, 5.41) is 26.8. The quantitative estimate of drug-likeness (QED) is 0.0879. The first-order chi connectivity index (χ1) is 27.4. The number of tetrazole rings is 2. The highest BCUT2D eigenvalue weighted by atomic mass is 35.5. The van der Waals surface area contributed by atoms with Crippen molar-refractivity contribution in [3.8, 4) is 5.75 Å². The van der Waals surface area contributed by atoms with Crippen molar-refractivity contribution >= 4 is 11.6 Å². The average molecular weight is 809 g/mol. The number of halogens is 6. The fourth-order valence-corrected chi connectivity index (χ4v) is 8.45. The minimum atomic E-state index is -4.81. The molecule has 6 aromatic rings. The lowest BCUT2D eigenvalue weighted by molar-refractivity contribution is -0.985. The number of rotatable bonds is 13. The van der Waals surface area contributed by atoms with Crippen LogP contribution in [0.3, 0.4) is 0 Å². The van der Waals surface area contributed by atoms with Gasteiger partial charge >= 0.3 is 6.36 Å². The Hall–Kier alpha value is -5.32. The third-order valence-electron chi connectivity index (χ3n) is 11.3. The van der Waals surface area contributed by atoms with Crippen LogP contribution in [0, 0.1) is 11.6 Å². The Morgan fingerprint density at radius 3 is 1.46 bits per heavy atom. The number of quaternary nitrogens is 2. The van der Waals surface area contributed by atoms with E-state index >= 15 is 0 Å². The minimum Gasteiger partial charge on any atom is -0.406 e. The molecule has 1 aliphatic heterocycles. The summed E-state index contributed by atoms with van der Waals surface area (Å²) < 4.78 is 76.0. The van der Waals surface area contributed by atoms with E-state index in [2.05, 4.69) is 49.6 Å². The molecule has 298 valence electrons. The van der Waals surface area contributed by atoms with E-state index in [4.69, 9.17) is 11.6 Å². The Balaban J connectivity index is 1.26. The lowest BCUT2D eigenvalue weighted by atomic mass is 9.99. The molecule has 2 aromatic heterocycles. The molecule has 3 heterocycles. The molecule has 0 radical (unpaired) electrons. The van der Waals surface area contributed by atoms with Crippen molar-refractivity contribution in [2.45, 2.75) is 51.8 Å². The molecule has 1 fully saturated rings. The second-order valence-corrected chi connectivity index (χ2v) is 14.9. The van der Waals surface area contributed by atoms with Crippen LogP contribution in [0.4, 0.5) is 22.0 Å². The van der Waals surface area contributed by atoms with Gasteiger partial charge < -0.3 is 13.7 Å². The van der Waals surface area contributed by atoms with Crippen LogP contribution in [0.25, 0.3) is 0 Å². The molecular formula is C40H42ClF5N10O+2. The normalized spacial score (nSPS) is 19.9. The van der Waals surface area contributed by atoms with Gasteiger partial charge in [0.25, 0.3) is 0 Å². The first-order valence-corrected chi connectivity index (χ1v) is 19.1. The summed E-state index contributed by atoms with van der Waals surface area (Å²) in [6.45, 7) is 9.04. The highest BCUT2D eigenvalue weighted by Gasteiger charge is 2.50. The Morgan fingerprint density at radius 2 is 1.05 bits per heavy atom. The number of benzene rings is 4. The zero-order valence-corrected chi connectivity index (χ0v) is 32.2. The van der Waals surface area contributed by atoms with Gasteiger partial charge in [0.2, 0.25) is 11.6 Å². The summed E-state index contributed by atoms with van der Waals surface area (Å²) in [6.07, 6.45) is -4.03. The van der Waals surface area contributed by atoms with Crippen LogP contribution in [0.2, 0.25) is 5.02 Å². The van der Waals surface area contributed by atoms with E-state index in [0.29, 0.717) is 63.9 Å². The summed E-state index contributed by atoms with van der Waals surface area (Å²) in [6, 6.07) is 25.2. The zero-order valence-electron chi connectivity index (χ0n) is 31.4. The minimum absolute atomic E-state index is 0.175. The maximum Gasteiger partial charge on any atom is 0.573 e. The van der Waals surface area contributed by atoms with Crippen LogP contribution >= 0.6 is 11.6 Å². The van der Waals surface area contributed by atoms with Crippen molar-refractivity contribution in [2.75, 3.05) is 39.3 Å². The number of likely N-dealkylation sites (N-methyl/N-ethyl adjacent to an activating group) is 2. The number of alkyl halides is 3. The molecule has 4 atom stereocenters. The molecule has 4 unspecified atom stereocenters. The Morgan fingerprint density at radius 1 is 0.632 bits per heavy atom. The molecule has 1 aliphatic rings. The average Bonchev–Trinajstić information content (AvgIpc) is 3.80. The smallest absolute Gasteiger partial charge is 0.406 e. The van der Waals surface area contributed by atoms with Crippen LogP contribution in [0.15, 0.2) is 97.1 Å². The van der Waals surface area contributed by atoms with E-state index in [9.17, 15) is 22.0 Å². The zero-order chi connectivity index (χ0) is 40.2. The van der Waals surface area contributed by atoms with Crippen LogP contribution in [0.5, 0.6) is 5.75 Å². The van der Waals surface area contributed by atoms with Gasteiger partial charge in [0, 0.05) is 22.6 Å². The summed E-state index contributed by atoms with van der Waals surface area (Å²) in [5.41, 5.74) is 3.33. The van der Waals surface area contributed by atoms with Gasteiger partial charge in [0.1, 0.15) is 30.5 Å². The second kappa shape index (κ2) is 16.6. The largest absolute Gasteiger partial charge is 0.573 e. The molecule has 1 saturated heterocycles. The Kier molecular flexibility index (Phi) is 11.7. The summed E-state index contributed by atoms with van der Waals surface area (Å²) in [4.78, 5) is 0. The van der Waals surface area contributed by atoms with Gasteiger partial charge in [0.05, 0.1) is 39.3 Å². The number of hydrogen-bond acceptors (Lipinski definition) is 7. The van der Waals surface area contributed by atoms with Crippen LogP contribution in [0.1, 0.15) is 66.3 Å². The predicted octanol–water partition coefficient (Wildman–Crippen LogP) is 7.54. The van der Waals surface area contributed by atoms with E-state index in [-0.39, 0.29) is 30.0 Å². The summed E-state index contributed by atoms with van der Waals surface area (Å²) >= 11 is 6.18. The van der Waals surface area contributed by atoms with Crippen molar-refractivity contribution in [2.24, 2.45) is 0 Å². The first-order valence-electron chi connectivity index (χ1n) is 18.7. The third kappa shape index (κ3) is 8.82. The molecule has 0 saturated carbocycles. The molecule has 4 aromatic carbocycles. The van der Waals surface area contributed by atoms with E-state index in [1.54, 1.807) is 45.8 Å². The van der Waals surface area contributed by atoms with E-state index in [1.165, 1.54) is 36.4 Å². The standard InChI is InChI=1S/C40H42ClF5N10O/c1-3-55(36(30-10-16-33(42)17-11-30)38-47-49-51-53(38)26-28-6-14-32(41)15-7-28)22-5-23-56(4-2,25-24-55)37(31-12-18-34(43)19-13-31)39-48-50-52-54(39)27-29-8-20-35(21-9-29)57-40(44,45)46/h6-21,36-37H,3-5,22-27H2,1-2H3/q+2. The Labute approximate surface area is 331 Å². The molecule has 57 heavy (non-hydrogen) atoms. The fourth-order valence-electron chi connectivity index (χ4n) is 8.32. The van der Waals surface area contributed by atoms with Gasteiger partial charge in [-0.15, -0.1) is 23.4 Å². The van der Waals surface area contributed by atoms with Gasteiger partial charge in [-0.1, -0.05) is 35.9 Å². The van der Waals surface area contributed by atoms with Gasteiger partial charge in [0.15, 0.2) is 12.1 Å². The van der Waals surface area contributed by atoms with E-state index in [1.807, 2.05) is 24.3 Å². The molecule has 0 amide bonds. The van der Waals surface area contributed by atoms with Crippen molar-refractivity contribution in [1.82, 2.24) is 40.4 Å². The molecular weight excluding hydrogens is 767 g/mol.